The second kappa shape index (κ2) is 14.7. The first kappa shape index (κ1) is 38.8. The zero-order valence-corrected chi connectivity index (χ0v) is 26.5. The number of sulfonamides is 1. The van der Waals surface area contributed by atoms with E-state index in [9.17, 15) is 57.0 Å². The number of benzene rings is 1. The summed E-state index contributed by atoms with van der Waals surface area (Å²) in [5.74, 6) is 0. The summed E-state index contributed by atoms with van der Waals surface area (Å²) in [5, 5.41) is 11.5. The van der Waals surface area contributed by atoms with Gasteiger partial charge >= 0.3 is 6.18 Å². The van der Waals surface area contributed by atoms with E-state index in [2.05, 4.69) is 8.37 Å². The Morgan fingerprint density at radius 1 is 0.907 bits per heavy atom. The number of nitro groups is 1. The minimum Gasteiger partial charge on any atom is -0.365 e. The van der Waals surface area contributed by atoms with E-state index >= 15 is 0 Å². The Hall–Kier alpha value is -2.19. The van der Waals surface area contributed by atoms with Crippen LogP contribution >= 0.6 is 0 Å². The van der Waals surface area contributed by atoms with Gasteiger partial charge in [0.05, 0.1) is 48.2 Å². The molecule has 1 aliphatic rings. The number of anilines is 1. The van der Waals surface area contributed by atoms with Crippen molar-refractivity contribution in [3.63, 3.8) is 0 Å². The van der Waals surface area contributed by atoms with Crippen LogP contribution in [0.5, 0.6) is 0 Å². The Morgan fingerprint density at radius 3 is 1.67 bits per heavy atom. The van der Waals surface area contributed by atoms with Gasteiger partial charge in [-0.2, -0.15) is 42.7 Å². The minimum atomic E-state index is -5.30. The van der Waals surface area contributed by atoms with Gasteiger partial charge in [0, 0.05) is 51.4 Å². The van der Waals surface area contributed by atoms with Crippen LogP contribution < -0.4 is 4.90 Å². The molecule has 1 heterocycles. The topological polar surface area (TPSA) is 228 Å². The van der Waals surface area contributed by atoms with Crippen molar-refractivity contribution in [2.45, 2.75) is 11.1 Å². The maximum atomic E-state index is 14.2. The number of halogens is 3. The molecule has 1 fully saturated rings. The molecule has 1 saturated heterocycles. The lowest BCUT2D eigenvalue weighted by atomic mass is 10.1. The second-order valence-electron chi connectivity index (χ2n) is 9.07. The van der Waals surface area contributed by atoms with Crippen LogP contribution in [-0.4, -0.2) is 131 Å². The van der Waals surface area contributed by atoms with Crippen molar-refractivity contribution in [3.8, 4) is 0 Å². The highest BCUT2D eigenvalue weighted by atomic mass is 32.2. The van der Waals surface area contributed by atoms with Gasteiger partial charge in [-0.1, -0.05) is 0 Å². The predicted octanol–water partition coefficient (Wildman–Crippen LogP) is -0.187. The molecular formula is C19H31F3N4O13S4. The second-order valence-corrected chi connectivity index (χ2v) is 15.7. The third kappa shape index (κ3) is 14.0. The summed E-state index contributed by atoms with van der Waals surface area (Å²) >= 11 is 0. The fourth-order valence-electron chi connectivity index (χ4n) is 3.54. The molecule has 0 unspecified atom stereocenters. The highest BCUT2D eigenvalue weighted by Gasteiger charge is 2.42. The summed E-state index contributed by atoms with van der Waals surface area (Å²) in [5.41, 5.74) is -3.87. The van der Waals surface area contributed by atoms with Gasteiger partial charge in [-0.15, -0.1) is 0 Å². The molecule has 24 heteroatoms. The van der Waals surface area contributed by atoms with E-state index in [4.69, 9.17) is 4.55 Å². The van der Waals surface area contributed by atoms with Crippen LogP contribution in [0.4, 0.5) is 24.5 Å². The lowest BCUT2D eigenvalue weighted by molar-refractivity contribution is -0.385. The Labute approximate surface area is 247 Å². The third-order valence-electron chi connectivity index (χ3n) is 5.29. The van der Waals surface area contributed by atoms with Gasteiger partial charge in [0.15, 0.2) is 0 Å². The third-order valence-corrected chi connectivity index (χ3v) is 8.39. The molecular weight excluding hydrogens is 677 g/mol. The van der Waals surface area contributed by atoms with Gasteiger partial charge in [0.25, 0.3) is 36.0 Å². The molecule has 1 aromatic rings. The Bertz CT molecular complexity index is 1530. The molecule has 0 aliphatic carbocycles. The van der Waals surface area contributed by atoms with Crippen LogP contribution in [0.2, 0.25) is 0 Å². The molecule has 0 saturated carbocycles. The number of rotatable bonds is 12. The standard InChI is InChI=1S/C18H27F3N4O10S3.CH4O3S/c1-22-4-6-24(7-5-22)38(32,33)16-13-14(25(26)27)12-15(18(19,20)21)17(16)23(8-10-34-36(2,28)29)9-11-35-37(3,30)31;1-5(2,3)4/h12-13H,4-11H2,1-3H3;1H3,(H,2,3,4). The molecule has 0 aromatic heterocycles. The molecule has 1 aromatic carbocycles. The zero-order chi connectivity index (χ0) is 33.6. The van der Waals surface area contributed by atoms with E-state index in [1.807, 2.05) is 0 Å². The SMILES string of the molecule is CN1CCN(S(=O)(=O)c2cc([N+](=O)[O-])cc(C(F)(F)F)c2N(CCOS(C)(=O)=O)CCOS(C)(=O)=O)CC1.CS(=O)(=O)O. The van der Waals surface area contributed by atoms with Crippen molar-refractivity contribution in [1.82, 2.24) is 9.21 Å². The minimum absolute atomic E-state index is 0.114. The molecule has 250 valence electrons. The van der Waals surface area contributed by atoms with Crippen LogP contribution in [0.15, 0.2) is 17.0 Å². The Morgan fingerprint density at radius 2 is 1.33 bits per heavy atom. The van der Waals surface area contributed by atoms with Crippen LogP contribution in [0, 0.1) is 10.1 Å². The largest absolute Gasteiger partial charge is 0.418 e. The monoisotopic (exact) mass is 708 g/mol. The highest BCUT2D eigenvalue weighted by Crippen LogP contribution is 2.43. The number of hydrogen-bond donors (Lipinski definition) is 1. The molecule has 0 amide bonds. The molecule has 0 radical (unpaired) electrons. The Balaban J connectivity index is 0.00000170. The summed E-state index contributed by atoms with van der Waals surface area (Å²) in [6.45, 7) is -2.60. The summed E-state index contributed by atoms with van der Waals surface area (Å²) in [4.78, 5) is 11.7. The van der Waals surface area contributed by atoms with Crippen molar-refractivity contribution in [3.05, 3.63) is 27.8 Å². The highest BCUT2D eigenvalue weighted by molar-refractivity contribution is 7.89. The van der Waals surface area contributed by atoms with E-state index < -0.39 is 99.6 Å². The van der Waals surface area contributed by atoms with Crippen molar-refractivity contribution in [1.29, 1.82) is 0 Å². The normalized spacial score (nSPS) is 15.9. The maximum absolute atomic E-state index is 14.2. The van der Waals surface area contributed by atoms with Gasteiger partial charge in [0.1, 0.15) is 4.90 Å². The number of nitrogens with zero attached hydrogens (tertiary/aromatic N) is 4. The van der Waals surface area contributed by atoms with Gasteiger partial charge in [-0.25, -0.2) is 8.42 Å². The van der Waals surface area contributed by atoms with E-state index in [0.29, 0.717) is 29.7 Å². The molecule has 43 heavy (non-hydrogen) atoms. The van der Waals surface area contributed by atoms with E-state index in [-0.39, 0.29) is 32.2 Å². The average Bonchev–Trinajstić information content (AvgIpc) is 2.79. The predicted molar refractivity (Wildman–Crippen MR) is 146 cm³/mol. The van der Waals surface area contributed by atoms with Crippen LogP contribution in [0.25, 0.3) is 0 Å². The average molecular weight is 709 g/mol. The number of hydrogen-bond acceptors (Lipinski definition) is 14. The molecule has 1 N–H and O–H groups in total. The lowest BCUT2D eigenvalue weighted by Crippen LogP contribution is -2.47. The first-order valence-electron chi connectivity index (χ1n) is 11.7. The summed E-state index contributed by atoms with van der Waals surface area (Å²) in [6, 6.07) is 0.639. The number of nitro benzene ring substituents is 1. The van der Waals surface area contributed by atoms with Gasteiger partial charge in [-0.3, -0.25) is 23.0 Å². The van der Waals surface area contributed by atoms with Crippen LogP contribution in [-0.2, 0) is 54.9 Å². The van der Waals surface area contributed by atoms with Crippen LogP contribution in [0.3, 0.4) is 0 Å². The fourth-order valence-corrected chi connectivity index (χ4v) is 5.97. The summed E-state index contributed by atoms with van der Waals surface area (Å²) in [6.07, 6.45) is -3.23. The fraction of sp³-hybridized carbons (Fsp3) is 0.684. The quantitative estimate of drug-likeness (QED) is 0.128. The molecule has 17 nitrogen and oxygen atoms in total. The van der Waals surface area contributed by atoms with Crippen molar-refractivity contribution in [2.75, 3.05) is 83.2 Å². The van der Waals surface area contributed by atoms with Crippen molar-refractivity contribution < 1.29 is 64.7 Å². The number of alkyl halides is 3. The zero-order valence-electron chi connectivity index (χ0n) is 23.2. The first-order chi connectivity index (χ1) is 19.2. The maximum Gasteiger partial charge on any atom is 0.418 e. The smallest absolute Gasteiger partial charge is 0.365 e. The van der Waals surface area contributed by atoms with Gasteiger partial charge in [0.2, 0.25) is 10.0 Å². The van der Waals surface area contributed by atoms with E-state index in [1.165, 1.54) is 0 Å². The molecule has 2 rings (SSSR count). The number of likely N-dealkylation sites (N-methyl/N-ethyl adjacent to an activating group) is 1. The van der Waals surface area contributed by atoms with Gasteiger partial charge < -0.3 is 9.80 Å². The van der Waals surface area contributed by atoms with Crippen molar-refractivity contribution >= 4 is 51.8 Å². The molecule has 0 spiro atoms. The number of non-ortho nitro benzene ring substituents is 1. The van der Waals surface area contributed by atoms with Crippen molar-refractivity contribution in [2.24, 2.45) is 0 Å². The summed E-state index contributed by atoms with van der Waals surface area (Å²) < 4.78 is 151. The first-order valence-corrected chi connectivity index (χ1v) is 18.6. The Kier molecular flexibility index (Phi) is 13.3. The van der Waals surface area contributed by atoms with E-state index in [0.717, 1.165) is 4.31 Å². The van der Waals surface area contributed by atoms with E-state index in [1.54, 1.807) is 11.9 Å². The van der Waals surface area contributed by atoms with Crippen LogP contribution in [0.1, 0.15) is 5.56 Å². The molecule has 0 atom stereocenters. The molecule has 0 bridgehead atoms. The number of piperazine rings is 1. The summed E-state index contributed by atoms with van der Waals surface area (Å²) in [7, 11) is -14.8. The van der Waals surface area contributed by atoms with Gasteiger partial charge in [-0.05, 0) is 7.05 Å². The molecule has 1 aliphatic heterocycles. The lowest BCUT2D eigenvalue weighted by Gasteiger charge is -2.34.